The maximum Gasteiger partial charge on any atom is 0.232 e. The molecular weight excluding hydrogens is 314 g/mol. The molecule has 1 heterocycles. The molecule has 3 aromatic rings. The van der Waals surface area contributed by atoms with Gasteiger partial charge < -0.3 is 10.4 Å². The van der Waals surface area contributed by atoms with E-state index in [9.17, 15) is 4.79 Å². The van der Waals surface area contributed by atoms with Crippen LogP contribution in [-0.2, 0) is 11.2 Å². The predicted octanol–water partition coefficient (Wildman–Crippen LogP) is 2.72. The summed E-state index contributed by atoms with van der Waals surface area (Å²) in [6.45, 7) is 6.03. The van der Waals surface area contributed by atoms with Gasteiger partial charge in [0.15, 0.2) is 0 Å². The Labute approximate surface area is 146 Å². The van der Waals surface area contributed by atoms with E-state index in [0.29, 0.717) is 12.2 Å². The van der Waals surface area contributed by atoms with Crippen LogP contribution in [0, 0.1) is 20.8 Å². The van der Waals surface area contributed by atoms with Gasteiger partial charge >= 0.3 is 0 Å². The van der Waals surface area contributed by atoms with Crippen molar-refractivity contribution in [1.82, 2.24) is 20.6 Å². The molecule has 0 saturated heterocycles. The predicted molar refractivity (Wildman–Crippen MR) is 95.3 cm³/mol. The summed E-state index contributed by atoms with van der Waals surface area (Å²) >= 11 is 0. The first-order valence-electron chi connectivity index (χ1n) is 8.14. The molecule has 0 aliphatic rings. The van der Waals surface area contributed by atoms with E-state index < -0.39 is 5.92 Å². The Morgan fingerprint density at radius 1 is 1.08 bits per heavy atom. The Morgan fingerprint density at radius 3 is 2.48 bits per heavy atom. The van der Waals surface area contributed by atoms with E-state index in [1.807, 2.05) is 51.1 Å². The van der Waals surface area contributed by atoms with Gasteiger partial charge in [0.2, 0.25) is 5.91 Å². The third kappa shape index (κ3) is 4.29. The molecule has 0 saturated carbocycles. The second kappa shape index (κ2) is 7.25. The second-order valence-corrected chi connectivity index (χ2v) is 6.35. The zero-order valence-corrected chi connectivity index (χ0v) is 14.5. The molecule has 0 fully saturated rings. The van der Waals surface area contributed by atoms with Crippen molar-refractivity contribution in [3.63, 3.8) is 0 Å². The van der Waals surface area contributed by atoms with Crippen molar-refractivity contribution in [2.75, 3.05) is 5.32 Å². The first-order chi connectivity index (χ1) is 12.0. The molecule has 0 bridgehead atoms. The second-order valence-electron chi connectivity index (χ2n) is 6.35. The largest absolute Gasteiger partial charge is 0.335 e. The van der Waals surface area contributed by atoms with E-state index in [0.717, 1.165) is 27.9 Å². The van der Waals surface area contributed by atoms with Crippen molar-refractivity contribution in [3.8, 4) is 0 Å². The molecule has 1 amide bonds. The average Bonchev–Trinajstić information content (AvgIpc) is 3.05. The van der Waals surface area contributed by atoms with Crippen LogP contribution in [0.15, 0.2) is 42.5 Å². The zero-order chi connectivity index (χ0) is 17.8. The summed E-state index contributed by atoms with van der Waals surface area (Å²) in [5.74, 6) is -0.373. The Kier molecular flexibility index (Phi) is 4.88. The maximum absolute atomic E-state index is 12.9. The number of carbonyl (C=O) groups is 1. The third-order valence-corrected chi connectivity index (χ3v) is 3.97. The fraction of sp³-hybridized carbons (Fsp3) is 0.263. The van der Waals surface area contributed by atoms with Crippen LogP contribution in [0.1, 0.15) is 34.0 Å². The topological polar surface area (TPSA) is 81.9 Å². The van der Waals surface area contributed by atoms with Gasteiger partial charge in [0.25, 0.3) is 0 Å². The number of hydrogen-bond donors (Lipinski definition) is 1. The lowest BCUT2D eigenvalue weighted by Crippen LogP contribution is -2.24. The Morgan fingerprint density at radius 2 is 1.84 bits per heavy atom. The zero-order valence-electron chi connectivity index (χ0n) is 14.5. The van der Waals surface area contributed by atoms with Crippen molar-refractivity contribution in [2.45, 2.75) is 33.1 Å². The number of nitrogens with one attached hydrogen (secondary N) is 1. The van der Waals surface area contributed by atoms with Crippen LogP contribution in [0.4, 0.5) is 5.69 Å². The molecule has 0 radical (unpaired) electrons. The first-order valence-corrected chi connectivity index (χ1v) is 8.14. The molecule has 0 aliphatic carbocycles. The lowest BCUT2D eigenvalue weighted by atomic mass is 9.96. The molecule has 6 heteroatoms. The Balaban J connectivity index is 1.85. The van der Waals surface area contributed by atoms with Gasteiger partial charge in [-0.25, -0.2) is 0 Å². The van der Waals surface area contributed by atoms with E-state index >= 15 is 0 Å². The molecule has 1 atom stereocenters. The van der Waals surface area contributed by atoms with Gasteiger partial charge in [0.1, 0.15) is 0 Å². The summed E-state index contributed by atoms with van der Waals surface area (Å²) in [7, 11) is 0. The van der Waals surface area contributed by atoms with Gasteiger partial charge in [-0.2, -0.15) is 5.21 Å². The van der Waals surface area contributed by atoms with E-state index in [2.05, 4.69) is 38.1 Å². The number of hydrogen-bond acceptors (Lipinski definition) is 4. The van der Waals surface area contributed by atoms with Gasteiger partial charge in [-0.05, 0) is 56.0 Å². The molecule has 25 heavy (non-hydrogen) atoms. The molecule has 2 aromatic carbocycles. The number of anilines is 1. The van der Waals surface area contributed by atoms with Crippen LogP contribution >= 0.6 is 0 Å². The van der Waals surface area contributed by atoms with Gasteiger partial charge in [0.05, 0.1) is 5.92 Å². The van der Waals surface area contributed by atoms with Crippen LogP contribution in [0.25, 0.3) is 0 Å². The van der Waals surface area contributed by atoms with Crippen LogP contribution in [0.2, 0.25) is 0 Å². The summed E-state index contributed by atoms with van der Waals surface area (Å²) in [6, 6.07) is 14.0. The molecule has 1 N–H and O–H groups in total. The van der Waals surface area contributed by atoms with Crippen LogP contribution in [-0.4, -0.2) is 21.4 Å². The van der Waals surface area contributed by atoms with Gasteiger partial charge in [-0.1, -0.05) is 35.9 Å². The van der Waals surface area contributed by atoms with Crippen LogP contribution < -0.4 is 10.4 Å². The molecule has 1 aromatic heterocycles. The smallest absolute Gasteiger partial charge is 0.232 e. The normalized spacial score (nSPS) is 12.0. The SMILES string of the molecule is Cc1cccc(C[C@H](C(=O)Nc2cc(C)cc(C)c2)c2nnn[n-]2)c1. The van der Waals surface area contributed by atoms with Crippen LogP contribution in [0.5, 0.6) is 0 Å². The molecular formula is C19H20N5O-. The lowest BCUT2D eigenvalue weighted by Gasteiger charge is -2.18. The van der Waals surface area contributed by atoms with Crippen molar-refractivity contribution in [2.24, 2.45) is 0 Å². The third-order valence-electron chi connectivity index (χ3n) is 3.97. The fourth-order valence-electron chi connectivity index (χ4n) is 2.94. The molecule has 3 rings (SSSR count). The highest BCUT2D eigenvalue weighted by atomic mass is 16.1. The van der Waals surface area contributed by atoms with E-state index in [1.165, 1.54) is 0 Å². The van der Waals surface area contributed by atoms with Crippen LogP contribution in [0.3, 0.4) is 0 Å². The summed E-state index contributed by atoms with van der Waals surface area (Å²) in [5, 5.41) is 17.8. The Hall–Kier alpha value is -3.02. The minimum atomic E-state index is -0.544. The molecule has 0 unspecified atom stereocenters. The van der Waals surface area contributed by atoms with Gasteiger partial charge in [-0.3, -0.25) is 15.1 Å². The highest BCUT2D eigenvalue weighted by Crippen LogP contribution is 2.21. The minimum Gasteiger partial charge on any atom is -0.335 e. The quantitative estimate of drug-likeness (QED) is 0.776. The summed E-state index contributed by atoms with van der Waals surface area (Å²) in [6.07, 6.45) is 0.492. The number of nitrogens with zero attached hydrogens (tertiary/aromatic N) is 4. The molecule has 128 valence electrons. The van der Waals surface area contributed by atoms with Gasteiger partial charge in [-0.15, -0.1) is 0 Å². The van der Waals surface area contributed by atoms with Crippen molar-refractivity contribution >= 4 is 11.6 Å². The van der Waals surface area contributed by atoms with Crippen molar-refractivity contribution in [1.29, 1.82) is 0 Å². The van der Waals surface area contributed by atoms with E-state index in [1.54, 1.807) is 0 Å². The number of amides is 1. The fourth-order valence-corrected chi connectivity index (χ4v) is 2.94. The number of tetrazole rings is 1. The molecule has 0 spiro atoms. The van der Waals surface area contributed by atoms with Crippen molar-refractivity contribution in [3.05, 3.63) is 70.5 Å². The van der Waals surface area contributed by atoms with Crippen molar-refractivity contribution < 1.29 is 4.79 Å². The first kappa shape index (κ1) is 16.8. The highest BCUT2D eigenvalue weighted by molar-refractivity contribution is 5.95. The number of carbonyl (C=O) groups excluding carboxylic acids is 1. The summed E-state index contributed by atoms with van der Waals surface area (Å²) in [4.78, 5) is 12.9. The highest BCUT2D eigenvalue weighted by Gasteiger charge is 2.21. The standard InChI is InChI=1S/C19H21N5O/c1-12-5-4-6-15(8-12)11-17(18-21-23-24-22-18)19(25)20-16-9-13(2)7-14(3)10-16/h4-10,17H,11H2,1-3H3,(H2,20,21,22,23,24,25)/p-1/t17-/m0/s1. The summed E-state index contributed by atoms with van der Waals surface area (Å²) < 4.78 is 0. The number of aromatic nitrogens is 4. The number of rotatable bonds is 5. The Bertz CT molecular complexity index is 853. The molecule has 0 aliphatic heterocycles. The number of benzene rings is 2. The minimum absolute atomic E-state index is 0.165. The average molecular weight is 334 g/mol. The summed E-state index contributed by atoms with van der Waals surface area (Å²) in [5.41, 5.74) is 5.15. The molecule has 6 nitrogen and oxygen atoms in total. The lowest BCUT2D eigenvalue weighted by molar-refractivity contribution is -0.117. The van der Waals surface area contributed by atoms with E-state index in [4.69, 9.17) is 0 Å². The number of aryl methyl sites for hydroxylation is 3. The van der Waals surface area contributed by atoms with Gasteiger partial charge in [0, 0.05) is 11.5 Å². The van der Waals surface area contributed by atoms with E-state index in [-0.39, 0.29) is 5.91 Å². The maximum atomic E-state index is 12.9. The monoisotopic (exact) mass is 334 g/mol.